The van der Waals surface area contributed by atoms with Gasteiger partial charge in [-0.15, -0.1) is 0 Å². The molecule has 1 saturated heterocycles. The molecule has 0 aliphatic carbocycles. The zero-order chi connectivity index (χ0) is 12.2. The van der Waals surface area contributed by atoms with Gasteiger partial charge in [-0.2, -0.15) is 0 Å². The van der Waals surface area contributed by atoms with Crippen LogP contribution in [-0.4, -0.2) is 65.4 Å². The van der Waals surface area contributed by atoms with Crippen LogP contribution in [0, 0.1) is 0 Å². The van der Waals surface area contributed by atoms with Crippen molar-refractivity contribution in [1.82, 2.24) is 0 Å². The van der Waals surface area contributed by atoms with Crippen molar-refractivity contribution in [1.29, 1.82) is 0 Å². The molecule has 0 bridgehead atoms. The summed E-state index contributed by atoms with van der Waals surface area (Å²) in [5.41, 5.74) is 3.99. The van der Waals surface area contributed by atoms with Crippen LogP contribution in [0.15, 0.2) is 0 Å². The van der Waals surface area contributed by atoms with Crippen LogP contribution in [-0.2, 0) is 0 Å². The quantitative estimate of drug-likeness (QED) is 0.322. The number of hydrogen-bond donors (Lipinski definition) is 5. The van der Waals surface area contributed by atoms with E-state index in [1.54, 1.807) is 4.90 Å². The third-order valence-corrected chi connectivity index (χ3v) is 3.56. The van der Waals surface area contributed by atoms with E-state index >= 15 is 0 Å². The molecule has 1 fully saturated rings. The lowest BCUT2D eigenvalue weighted by atomic mass is 10.3. The van der Waals surface area contributed by atoms with Crippen LogP contribution >= 0.6 is 0 Å². The van der Waals surface area contributed by atoms with Gasteiger partial charge in [0.15, 0.2) is 0 Å². The van der Waals surface area contributed by atoms with Crippen molar-refractivity contribution in [3.63, 3.8) is 0 Å². The van der Waals surface area contributed by atoms with Crippen LogP contribution in [0.3, 0.4) is 0 Å². The van der Waals surface area contributed by atoms with E-state index in [2.05, 4.69) is 21.7 Å². The minimum absolute atomic E-state index is 1.08. The summed E-state index contributed by atoms with van der Waals surface area (Å²) in [6, 6.07) is 0. The van der Waals surface area contributed by atoms with Crippen molar-refractivity contribution in [3.8, 4) is 0 Å². The summed E-state index contributed by atoms with van der Waals surface area (Å²) in [4.78, 5) is 1.76. The fraction of sp³-hybridized carbons (Fsp3) is 1.00. The third-order valence-electron chi connectivity index (χ3n) is 3.56. The maximum atomic E-state index is 3.99. The molecule has 10 N–H and O–H groups in total. The Hall–Kier alpha value is -0.200. The Morgan fingerprint density at radius 3 is 2.12 bits per heavy atom. The van der Waals surface area contributed by atoms with Gasteiger partial charge in [0.05, 0.1) is 26.2 Å². The Morgan fingerprint density at radius 1 is 0.765 bits per heavy atom. The minimum atomic E-state index is 1.08. The molecule has 0 aromatic rings. The first-order valence-electron chi connectivity index (χ1n) is 7.51. The maximum Gasteiger partial charge on any atom is 0.127 e. The SMILES string of the molecule is [NH3+]CC[NH+]1CCC[NH2+]CC[NH2+]CCC[NH2+]CC1. The average Bonchev–Trinajstić information content (AvgIpc) is 2.34. The molecule has 0 aromatic carbocycles. The van der Waals surface area contributed by atoms with Gasteiger partial charge in [-0.3, -0.25) is 0 Å². The lowest BCUT2D eigenvalue weighted by Crippen LogP contribution is -3.16. The fourth-order valence-electron chi connectivity index (χ4n) is 2.50. The van der Waals surface area contributed by atoms with Gasteiger partial charge in [0.25, 0.3) is 0 Å². The predicted molar refractivity (Wildman–Crippen MR) is 67.5 cm³/mol. The van der Waals surface area contributed by atoms with Crippen molar-refractivity contribution >= 4 is 0 Å². The van der Waals surface area contributed by atoms with Gasteiger partial charge in [-0.25, -0.2) is 0 Å². The number of nitrogens with two attached hydrogens (primary N) is 3. The van der Waals surface area contributed by atoms with Crippen molar-refractivity contribution in [2.75, 3.05) is 65.4 Å². The fourth-order valence-corrected chi connectivity index (χ4v) is 2.50. The molecule has 1 aliphatic rings. The van der Waals surface area contributed by atoms with Gasteiger partial charge >= 0.3 is 0 Å². The van der Waals surface area contributed by atoms with Gasteiger partial charge in [-0.05, 0) is 0 Å². The Morgan fingerprint density at radius 2 is 1.41 bits per heavy atom. The molecule has 17 heavy (non-hydrogen) atoms. The highest BCUT2D eigenvalue weighted by molar-refractivity contribution is 4.34. The Bertz CT molecular complexity index is 151. The standard InChI is InChI=1S/C12H29N5/c13-3-11-17-10-2-6-15-8-7-14-4-1-5-16-9-12-17/h14-16H,1-13H2/p+5. The summed E-state index contributed by atoms with van der Waals surface area (Å²) < 4.78 is 0. The summed E-state index contributed by atoms with van der Waals surface area (Å²) in [5.74, 6) is 0. The minimum Gasteiger partial charge on any atom is -0.353 e. The van der Waals surface area contributed by atoms with E-state index in [0.29, 0.717) is 0 Å². The highest BCUT2D eigenvalue weighted by Gasteiger charge is 2.10. The maximum absolute atomic E-state index is 3.99. The van der Waals surface area contributed by atoms with Crippen molar-refractivity contribution in [3.05, 3.63) is 0 Å². The topological polar surface area (TPSA) is 81.9 Å². The van der Waals surface area contributed by atoms with E-state index in [-0.39, 0.29) is 0 Å². The molecule has 1 unspecified atom stereocenters. The molecule has 1 heterocycles. The van der Waals surface area contributed by atoms with E-state index in [1.165, 1.54) is 71.7 Å². The van der Waals surface area contributed by atoms with Crippen LogP contribution in [0.1, 0.15) is 12.8 Å². The number of hydrogen-bond acceptors (Lipinski definition) is 0. The predicted octanol–water partition coefficient (Wildman–Crippen LogP) is -6.40. The van der Waals surface area contributed by atoms with Crippen LogP contribution < -0.4 is 26.6 Å². The Kier molecular flexibility index (Phi) is 9.55. The van der Waals surface area contributed by atoms with Crippen LogP contribution in [0.25, 0.3) is 0 Å². The molecule has 102 valence electrons. The first-order valence-corrected chi connectivity index (χ1v) is 7.51. The van der Waals surface area contributed by atoms with Crippen molar-refractivity contribution in [2.45, 2.75) is 12.8 Å². The summed E-state index contributed by atoms with van der Waals surface area (Å²) in [7, 11) is 0. The monoisotopic (exact) mass is 248 g/mol. The Balaban J connectivity index is 2.19. The van der Waals surface area contributed by atoms with E-state index in [0.717, 1.165) is 6.54 Å². The highest BCUT2D eigenvalue weighted by atomic mass is 15.1. The second-order valence-corrected chi connectivity index (χ2v) is 5.16. The zero-order valence-electron chi connectivity index (χ0n) is 11.4. The van der Waals surface area contributed by atoms with Gasteiger partial charge in [0.2, 0.25) is 0 Å². The van der Waals surface area contributed by atoms with Crippen LogP contribution in [0.2, 0.25) is 0 Å². The number of quaternary nitrogens is 5. The van der Waals surface area contributed by atoms with Gasteiger partial charge < -0.3 is 26.6 Å². The van der Waals surface area contributed by atoms with Gasteiger partial charge in [0.1, 0.15) is 39.3 Å². The molecule has 0 spiro atoms. The lowest BCUT2D eigenvalue weighted by molar-refractivity contribution is -0.918. The molecular weight excluding hydrogens is 214 g/mol. The first kappa shape index (κ1) is 14.9. The molecule has 0 amide bonds. The normalized spacial score (nSPS) is 26.3. The molecule has 5 heteroatoms. The summed E-state index contributed by atoms with van der Waals surface area (Å²) >= 11 is 0. The number of rotatable bonds is 2. The van der Waals surface area contributed by atoms with E-state index in [1.807, 2.05) is 0 Å². The van der Waals surface area contributed by atoms with Crippen LogP contribution in [0.5, 0.6) is 0 Å². The molecule has 5 nitrogen and oxygen atoms in total. The molecule has 0 aromatic heterocycles. The van der Waals surface area contributed by atoms with Gasteiger partial charge in [-0.1, -0.05) is 0 Å². The Labute approximate surface area is 105 Å². The second-order valence-electron chi connectivity index (χ2n) is 5.16. The first-order chi connectivity index (χ1) is 8.43. The van der Waals surface area contributed by atoms with Crippen LogP contribution in [0.4, 0.5) is 0 Å². The van der Waals surface area contributed by atoms with Crippen molar-refractivity contribution < 1.29 is 26.6 Å². The molecule has 1 atom stereocenters. The van der Waals surface area contributed by atoms with Gasteiger partial charge in [0, 0.05) is 12.8 Å². The molecule has 0 radical (unpaired) electrons. The summed E-state index contributed by atoms with van der Waals surface area (Å²) in [6.45, 7) is 12.8. The molecular formula is C12H34N5+5. The van der Waals surface area contributed by atoms with E-state index in [9.17, 15) is 0 Å². The van der Waals surface area contributed by atoms with E-state index in [4.69, 9.17) is 0 Å². The second kappa shape index (κ2) is 10.9. The largest absolute Gasteiger partial charge is 0.353 e. The molecule has 0 saturated carbocycles. The third kappa shape index (κ3) is 8.51. The molecule has 1 aliphatic heterocycles. The van der Waals surface area contributed by atoms with E-state index < -0.39 is 0 Å². The zero-order valence-corrected chi connectivity index (χ0v) is 11.4. The number of nitrogens with one attached hydrogen (secondary N) is 1. The smallest absolute Gasteiger partial charge is 0.127 e. The highest BCUT2D eigenvalue weighted by Crippen LogP contribution is 1.64. The summed E-state index contributed by atoms with van der Waals surface area (Å²) in [6.07, 6.45) is 2.71. The lowest BCUT2D eigenvalue weighted by Gasteiger charge is -2.17. The average molecular weight is 248 g/mol. The summed E-state index contributed by atoms with van der Waals surface area (Å²) in [5, 5.41) is 7.45. The van der Waals surface area contributed by atoms with Crippen molar-refractivity contribution in [2.24, 2.45) is 0 Å². The molecule has 1 rings (SSSR count).